The second-order valence-electron chi connectivity index (χ2n) is 6.84. The Hall–Kier alpha value is -2.73. The summed E-state index contributed by atoms with van der Waals surface area (Å²) in [6.07, 6.45) is 4.94. The lowest BCUT2D eigenvalue weighted by molar-refractivity contribution is -0.0501. The Balaban J connectivity index is 1.72. The first kappa shape index (κ1) is 20.5. The maximum Gasteiger partial charge on any atom is 0.534 e. The summed E-state index contributed by atoms with van der Waals surface area (Å²) in [5.74, 6) is -1.14. The van der Waals surface area contributed by atoms with E-state index in [2.05, 4.69) is 19.1 Å². The van der Waals surface area contributed by atoms with Crippen molar-refractivity contribution < 1.29 is 30.6 Å². The molecule has 3 aromatic rings. The second-order valence-corrected chi connectivity index (χ2v) is 8.76. The standard InChI is InChI=1S/C17H12ClF3N4O4S/c1-16(13-15-22-6-7-25(15)11(18)8-23-13)5-4-10-9(14(16)26)2-3-12(24-10)29-30(27,28)17(19,20)21/h2-3,6-8H,4-5H2,1H3. The number of alkyl halides is 3. The number of hydrogen-bond acceptors (Lipinski definition) is 7. The van der Waals surface area contributed by atoms with Gasteiger partial charge >= 0.3 is 15.6 Å². The molecule has 3 heterocycles. The molecule has 0 radical (unpaired) electrons. The molecule has 13 heteroatoms. The Bertz CT molecular complexity index is 1290. The summed E-state index contributed by atoms with van der Waals surface area (Å²) in [6, 6.07) is 2.11. The van der Waals surface area contributed by atoms with Crippen LogP contribution in [0.4, 0.5) is 13.2 Å². The Morgan fingerprint density at radius 1 is 1.27 bits per heavy atom. The Kier molecular flexibility index (Phi) is 4.54. The van der Waals surface area contributed by atoms with Crippen molar-refractivity contribution in [3.63, 3.8) is 0 Å². The fourth-order valence-corrected chi connectivity index (χ4v) is 3.97. The highest BCUT2D eigenvalue weighted by atomic mass is 35.5. The van der Waals surface area contributed by atoms with Gasteiger partial charge in [-0.3, -0.25) is 14.2 Å². The first-order valence-electron chi connectivity index (χ1n) is 8.47. The average Bonchev–Trinajstić information content (AvgIpc) is 3.15. The van der Waals surface area contributed by atoms with Crippen LogP contribution in [-0.4, -0.2) is 39.1 Å². The Labute approximate surface area is 172 Å². The van der Waals surface area contributed by atoms with Gasteiger partial charge in [-0.15, -0.1) is 0 Å². The fourth-order valence-electron chi connectivity index (χ4n) is 3.37. The number of carbonyl (C=O) groups is 1. The fraction of sp³-hybridized carbons (Fsp3) is 0.294. The number of carbonyl (C=O) groups excluding carboxylic acids is 1. The molecule has 1 unspecified atom stereocenters. The van der Waals surface area contributed by atoms with E-state index in [0.29, 0.717) is 16.5 Å². The van der Waals surface area contributed by atoms with Gasteiger partial charge in [-0.05, 0) is 25.8 Å². The van der Waals surface area contributed by atoms with E-state index in [9.17, 15) is 26.4 Å². The summed E-state index contributed by atoms with van der Waals surface area (Å²) in [6.45, 7) is 1.68. The quantitative estimate of drug-likeness (QED) is 0.437. The number of imidazole rings is 1. The third-order valence-electron chi connectivity index (χ3n) is 4.94. The number of pyridine rings is 1. The maximum absolute atomic E-state index is 13.3. The minimum absolute atomic E-state index is 0.140. The molecule has 0 N–H and O–H groups in total. The molecule has 0 fully saturated rings. The molecule has 0 amide bonds. The van der Waals surface area contributed by atoms with Crippen LogP contribution in [0.3, 0.4) is 0 Å². The number of rotatable bonds is 3. The van der Waals surface area contributed by atoms with Crippen LogP contribution in [0.1, 0.15) is 35.1 Å². The van der Waals surface area contributed by atoms with Crippen molar-refractivity contribution in [2.45, 2.75) is 30.7 Å². The van der Waals surface area contributed by atoms with Gasteiger partial charge in [0, 0.05) is 24.0 Å². The molecule has 158 valence electrons. The molecule has 0 aromatic carbocycles. The Morgan fingerprint density at radius 2 is 2.00 bits per heavy atom. The van der Waals surface area contributed by atoms with E-state index in [1.165, 1.54) is 18.5 Å². The highest BCUT2D eigenvalue weighted by Crippen LogP contribution is 2.39. The first-order valence-corrected chi connectivity index (χ1v) is 10.3. The third-order valence-corrected chi connectivity index (χ3v) is 6.18. The number of Topliss-reactive ketones (excluding diaryl/α,β-unsaturated/α-hetero) is 1. The van der Waals surface area contributed by atoms with Crippen LogP contribution in [0.2, 0.25) is 5.15 Å². The number of ketones is 1. The van der Waals surface area contributed by atoms with Gasteiger partial charge in [-0.2, -0.15) is 21.6 Å². The second kappa shape index (κ2) is 6.64. The molecule has 0 spiro atoms. The van der Waals surface area contributed by atoms with Gasteiger partial charge in [0.1, 0.15) is 5.15 Å². The molecule has 1 aliphatic carbocycles. The van der Waals surface area contributed by atoms with E-state index in [-0.39, 0.29) is 29.9 Å². The minimum atomic E-state index is -5.86. The molecule has 3 aromatic heterocycles. The minimum Gasteiger partial charge on any atom is -0.355 e. The monoisotopic (exact) mass is 460 g/mol. The summed E-state index contributed by atoms with van der Waals surface area (Å²) in [4.78, 5) is 25.6. The van der Waals surface area contributed by atoms with Gasteiger partial charge in [0.05, 0.1) is 23.0 Å². The summed E-state index contributed by atoms with van der Waals surface area (Å²) in [7, 11) is -5.86. The predicted molar refractivity (Wildman–Crippen MR) is 97.8 cm³/mol. The number of aromatic nitrogens is 4. The van der Waals surface area contributed by atoms with Gasteiger partial charge in [-0.1, -0.05) is 11.6 Å². The van der Waals surface area contributed by atoms with Gasteiger partial charge in [0.15, 0.2) is 11.4 Å². The molecular weight excluding hydrogens is 449 g/mol. The molecule has 0 bridgehead atoms. The lowest BCUT2D eigenvalue weighted by Crippen LogP contribution is -2.39. The maximum atomic E-state index is 13.3. The van der Waals surface area contributed by atoms with Crippen molar-refractivity contribution in [3.8, 4) is 5.88 Å². The molecule has 0 aliphatic heterocycles. The lowest BCUT2D eigenvalue weighted by atomic mass is 9.71. The highest BCUT2D eigenvalue weighted by molar-refractivity contribution is 7.87. The van der Waals surface area contributed by atoms with Crippen LogP contribution < -0.4 is 4.18 Å². The third kappa shape index (κ3) is 3.10. The van der Waals surface area contributed by atoms with Crippen molar-refractivity contribution in [2.75, 3.05) is 0 Å². The molecule has 8 nitrogen and oxygen atoms in total. The molecular formula is C17H12ClF3N4O4S. The summed E-state index contributed by atoms with van der Waals surface area (Å²) < 4.78 is 65.6. The lowest BCUT2D eigenvalue weighted by Gasteiger charge is -2.32. The summed E-state index contributed by atoms with van der Waals surface area (Å²) in [5, 5.41) is 0.313. The first-order chi connectivity index (χ1) is 13.9. The predicted octanol–water partition coefficient (Wildman–Crippen LogP) is 3.09. The Morgan fingerprint density at radius 3 is 2.70 bits per heavy atom. The van der Waals surface area contributed by atoms with Gasteiger partial charge < -0.3 is 4.18 Å². The molecule has 0 saturated carbocycles. The van der Waals surface area contributed by atoms with Crippen molar-refractivity contribution in [1.82, 2.24) is 19.4 Å². The summed E-state index contributed by atoms with van der Waals surface area (Å²) >= 11 is 6.10. The number of fused-ring (bicyclic) bond motifs is 2. The number of halogens is 4. The van der Waals surface area contributed by atoms with Crippen LogP contribution in [0.5, 0.6) is 5.88 Å². The van der Waals surface area contributed by atoms with Crippen LogP contribution >= 0.6 is 11.6 Å². The zero-order chi connectivity index (χ0) is 21.9. The van der Waals surface area contributed by atoms with Crippen molar-refractivity contribution in [1.29, 1.82) is 0 Å². The number of hydrogen-bond donors (Lipinski definition) is 0. The molecule has 1 atom stereocenters. The van der Waals surface area contributed by atoms with Crippen LogP contribution in [0, 0.1) is 0 Å². The zero-order valence-corrected chi connectivity index (χ0v) is 16.7. The molecule has 30 heavy (non-hydrogen) atoms. The smallest absolute Gasteiger partial charge is 0.355 e. The number of aryl methyl sites for hydroxylation is 1. The van der Waals surface area contributed by atoms with E-state index in [4.69, 9.17) is 11.6 Å². The van der Waals surface area contributed by atoms with Crippen LogP contribution in [-0.2, 0) is 22.0 Å². The van der Waals surface area contributed by atoms with E-state index < -0.39 is 26.9 Å². The molecule has 4 rings (SSSR count). The zero-order valence-electron chi connectivity index (χ0n) is 15.1. The summed E-state index contributed by atoms with van der Waals surface area (Å²) in [5.41, 5.74) is -5.60. The highest BCUT2D eigenvalue weighted by Gasteiger charge is 2.49. The molecule has 1 aliphatic rings. The largest absolute Gasteiger partial charge is 0.534 e. The van der Waals surface area contributed by atoms with Gasteiger partial charge in [-0.25, -0.2) is 9.97 Å². The van der Waals surface area contributed by atoms with Crippen LogP contribution in [0.25, 0.3) is 5.65 Å². The van der Waals surface area contributed by atoms with Crippen molar-refractivity contribution in [2.24, 2.45) is 0 Å². The van der Waals surface area contributed by atoms with Crippen molar-refractivity contribution in [3.05, 3.63) is 52.8 Å². The topological polar surface area (TPSA) is 104 Å². The SMILES string of the molecule is CC1(c2ncc(Cl)n3ccnc23)CCc2nc(OS(=O)(=O)C(F)(F)F)ccc2C1=O. The van der Waals surface area contributed by atoms with Gasteiger partial charge in [0.25, 0.3) is 0 Å². The van der Waals surface area contributed by atoms with Crippen molar-refractivity contribution >= 4 is 33.1 Å². The normalized spacial score (nSPS) is 19.7. The number of nitrogens with zero attached hydrogens (tertiary/aromatic N) is 4. The van der Waals surface area contributed by atoms with E-state index in [0.717, 1.165) is 6.07 Å². The van der Waals surface area contributed by atoms with Gasteiger partial charge in [0.2, 0.25) is 5.88 Å². The van der Waals surface area contributed by atoms with E-state index in [1.54, 1.807) is 17.5 Å². The van der Waals surface area contributed by atoms with E-state index >= 15 is 0 Å². The molecule has 0 saturated heterocycles. The van der Waals surface area contributed by atoms with Crippen LogP contribution in [0.15, 0.2) is 30.7 Å². The van der Waals surface area contributed by atoms with E-state index in [1.807, 2.05) is 0 Å². The average molecular weight is 461 g/mol.